The highest BCUT2D eigenvalue weighted by Crippen LogP contribution is 2.39. The molecule has 3 rings (SSSR count). The first-order chi connectivity index (χ1) is 11.3. The van der Waals surface area contributed by atoms with E-state index in [1.54, 1.807) is 6.07 Å². The molecule has 0 aromatic heterocycles. The lowest BCUT2D eigenvalue weighted by molar-refractivity contribution is -0.401. The number of phenols is 1. The number of carboxylic acids is 1. The Morgan fingerprint density at radius 3 is 2.50 bits per heavy atom. The highest BCUT2D eigenvalue weighted by Gasteiger charge is 2.42. The van der Waals surface area contributed by atoms with Gasteiger partial charge in [-0.15, -0.1) is 0 Å². The van der Waals surface area contributed by atoms with Gasteiger partial charge in [-0.25, -0.2) is 4.79 Å². The summed E-state index contributed by atoms with van der Waals surface area (Å²) in [6, 6.07) is 12.9. The van der Waals surface area contributed by atoms with Gasteiger partial charge >= 0.3 is 5.97 Å². The van der Waals surface area contributed by atoms with Crippen LogP contribution in [-0.4, -0.2) is 33.5 Å². The van der Waals surface area contributed by atoms with E-state index < -0.39 is 5.97 Å². The summed E-state index contributed by atoms with van der Waals surface area (Å²) < 4.78 is 2.16. The molecule has 2 aromatic rings. The molecule has 0 radical (unpaired) electrons. The average molecular weight is 322 g/mol. The Bertz CT molecular complexity index is 892. The van der Waals surface area contributed by atoms with Crippen LogP contribution in [0.1, 0.15) is 35.3 Å². The van der Waals surface area contributed by atoms with Crippen molar-refractivity contribution < 1.29 is 19.6 Å². The molecule has 0 saturated carbocycles. The maximum atomic E-state index is 11.1. The zero-order valence-corrected chi connectivity index (χ0v) is 13.9. The Hall–Kier alpha value is -2.88. The molecule has 1 heterocycles. The highest BCUT2D eigenvalue weighted by molar-refractivity contribution is 6.05. The molecule has 0 atom stereocenters. The summed E-state index contributed by atoms with van der Waals surface area (Å²) in [6.45, 7) is 4.35. The Labute approximate surface area is 141 Å². The third-order valence-electron chi connectivity index (χ3n) is 4.63. The Morgan fingerprint density at radius 2 is 1.83 bits per heavy atom. The van der Waals surface area contributed by atoms with Crippen LogP contribution in [0.3, 0.4) is 0 Å². The normalized spacial score (nSPS) is 15.8. The first-order valence-corrected chi connectivity index (χ1v) is 7.77. The molecule has 4 nitrogen and oxygen atoms in total. The fraction of sp³-hybridized carbons (Fsp3) is 0.200. The number of carbonyl (C=O) groups is 1. The van der Waals surface area contributed by atoms with E-state index in [1.807, 2.05) is 31.3 Å². The first-order valence-electron chi connectivity index (χ1n) is 7.77. The van der Waals surface area contributed by atoms with Gasteiger partial charge in [-0.2, -0.15) is 4.58 Å². The van der Waals surface area contributed by atoms with Crippen molar-refractivity contribution in [3.05, 3.63) is 65.2 Å². The average Bonchev–Trinajstić information content (AvgIpc) is 2.74. The number of allylic oxidation sites excluding steroid dienone is 1. The van der Waals surface area contributed by atoms with Gasteiger partial charge in [-0.1, -0.05) is 24.3 Å². The van der Waals surface area contributed by atoms with E-state index in [-0.39, 0.29) is 16.7 Å². The van der Waals surface area contributed by atoms with E-state index in [2.05, 4.69) is 30.6 Å². The topological polar surface area (TPSA) is 60.5 Å². The number of benzene rings is 2. The molecule has 0 saturated heterocycles. The van der Waals surface area contributed by atoms with E-state index in [1.165, 1.54) is 23.4 Å². The molecule has 24 heavy (non-hydrogen) atoms. The van der Waals surface area contributed by atoms with Gasteiger partial charge in [0.1, 0.15) is 18.4 Å². The zero-order valence-electron chi connectivity index (χ0n) is 13.9. The lowest BCUT2D eigenvalue weighted by Crippen LogP contribution is -2.26. The van der Waals surface area contributed by atoms with E-state index in [4.69, 9.17) is 5.11 Å². The van der Waals surface area contributed by atoms with Crippen LogP contribution in [0.15, 0.2) is 48.5 Å². The van der Waals surface area contributed by atoms with Gasteiger partial charge in [0.25, 0.3) is 0 Å². The number of rotatable bonds is 3. The first kappa shape index (κ1) is 16.0. The van der Waals surface area contributed by atoms with Crippen molar-refractivity contribution in [1.82, 2.24) is 0 Å². The minimum atomic E-state index is -1.14. The number of para-hydroxylation sites is 1. The summed E-state index contributed by atoms with van der Waals surface area (Å²) in [5.74, 6) is -1.36. The number of carboxylic acid groups (broad SMARTS) is 1. The van der Waals surface area contributed by atoms with Gasteiger partial charge in [-0.05, 0) is 37.6 Å². The molecule has 0 amide bonds. The number of fused-ring (bicyclic) bond motifs is 1. The molecule has 1 aliphatic heterocycles. The second-order valence-corrected chi connectivity index (χ2v) is 6.50. The fourth-order valence-electron chi connectivity index (χ4n) is 3.31. The van der Waals surface area contributed by atoms with Crippen LogP contribution in [0.4, 0.5) is 5.69 Å². The maximum absolute atomic E-state index is 11.1. The largest absolute Gasteiger partial charge is 0.507 e. The molecule has 122 valence electrons. The monoisotopic (exact) mass is 322 g/mol. The predicted molar refractivity (Wildman–Crippen MR) is 94.4 cm³/mol. The quantitative estimate of drug-likeness (QED) is 0.845. The summed E-state index contributed by atoms with van der Waals surface area (Å²) in [7, 11) is 2.03. The van der Waals surface area contributed by atoms with Gasteiger partial charge in [0.2, 0.25) is 5.69 Å². The second kappa shape index (κ2) is 5.64. The van der Waals surface area contributed by atoms with Crippen LogP contribution >= 0.6 is 0 Å². The molecule has 4 heteroatoms. The van der Waals surface area contributed by atoms with E-state index >= 15 is 0 Å². The molecule has 0 fully saturated rings. The number of nitrogens with zero attached hydrogens (tertiary/aromatic N) is 1. The lowest BCUT2D eigenvalue weighted by Gasteiger charge is -2.15. The molecule has 0 spiro atoms. The van der Waals surface area contributed by atoms with Crippen LogP contribution in [0.25, 0.3) is 6.08 Å². The molecule has 0 aliphatic carbocycles. The Balaban J connectivity index is 2.00. The summed E-state index contributed by atoms with van der Waals surface area (Å²) in [5, 5.41) is 18.7. The molecule has 1 aliphatic rings. The predicted octanol–water partition coefficient (Wildman–Crippen LogP) is 3.81. The zero-order chi connectivity index (χ0) is 17.5. The van der Waals surface area contributed by atoms with Gasteiger partial charge < -0.3 is 10.2 Å². The summed E-state index contributed by atoms with van der Waals surface area (Å²) in [6.07, 6.45) is 3.89. The van der Waals surface area contributed by atoms with Crippen molar-refractivity contribution in [3.8, 4) is 5.75 Å². The summed E-state index contributed by atoms with van der Waals surface area (Å²) in [4.78, 5) is 11.1. The van der Waals surface area contributed by atoms with Gasteiger partial charge in [0, 0.05) is 17.7 Å². The molecule has 0 unspecified atom stereocenters. The van der Waals surface area contributed by atoms with Crippen LogP contribution in [0, 0.1) is 0 Å². The van der Waals surface area contributed by atoms with Crippen molar-refractivity contribution >= 4 is 23.4 Å². The third-order valence-corrected chi connectivity index (χ3v) is 4.63. The lowest BCUT2D eigenvalue weighted by atomic mass is 9.81. The van der Waals surface area contributed by atoms with Crippen LogP contribution < -0.4 is 0 Å². The summed E-state index contributed by atoms with van der Waals surface area (Å²) >= 11 is 0. The number of hydrogen-bond donors (Lipinski definition) is 2. The SMILES string of the molecule is C[N+]1=C(/C=C/c2ccc(O)c(C(=O)O)c2)C(C)(C)c2ccccc21. The van der Waals surface area contributed by atoms with Crippen molar-refractivity contribution in [2.75, 3.05) is 7.05 Å². The fourth-order valence-corrected chi connectivity index (χ4v) is 3.31. The second-order valence-electron chi connectivity index (χ2n) is 6.50. The van der Waals surface area contributed by atoms with Crippen molar-refractivity contribution in [1.29, 1.82) is 0 Å². The molecule has 2 N–H and O–H groups in total. The third kappa shape index (κ3) is 2.50. The molecule has 2 aromatic carbocycles. The Morgan fingerprint density at radius 1 is 1.12 bits per heavy atom. The highest BCUT2D eigenvalue weighted by atomic mass is 16.4. The van der Waals surface area contributed by atoms with Crippen LogP contribution in [-0.2, 0) is 5.41 Å². The number of aromatic carboxylic acids is 1. The van der Waals surface area contributed by atoms with Crippen molar-refractivity contribution in [3.63, 3.8) is 0 Å². The van der Waals surface area contributed by atoms with Crippen molar-refractivity contribution in [2.24, 2.45) is 0 Å². The smallest absolute Gasteiger partial charge is 0.339 e. The number of aromatic hydroxyl groups is 1. The maximum Gasteiger partial charge on any atom is 0.339 e. The van der Waals surface area contributed by atoms with Crippen LogP contribution in [0.2, 0.25) is 0 Å². The van der Waals surface area contributed by atoms with Gasteiger partial charge in [-0.3, -0.25) is 0 Å². The van der Waals surface area contributed by atoms with E-state index in [0.29, 0.717) is 0 Å². The van der Waals surface area contributed by atoms with E-state index in [0.717, 1.165) is 11.3 Å². The molecular formula is C20H20NO3+. The Kier molecular flexibility index (Phi) is 3.76. The molecule has 0 bridgehead atoms. The standard InChI is InChI=1S/C20H19NO3/c1-20(2)15-6-4-5-7-16(15)21(3)18(20)11-9-13-8-10-17(22)14(12-13)19(23)24/h4-12H,1-3H3,(H,23,24)/p+1. The van der Waals surface area contributed by atoms with Crippen molar-refractivity contribution in [2.45, 2.75) is 19.3 Å². The molecular weight excluding hydrogens is 302 g/mol. The van der Waals surface area contributed by atoms with Crippen LogP contribution in [0.5, 0.6) is 5.75 Å². The minimum absolute atomic E-state index is 0.0931. The minimum Gasteiger partial charge on any atom is -0.507 e. The van der Waals surface area contributed by atoms with Gasteiger partial charge in [0.05, 0.1) is 5.41 Å². The number of hydrogen-bond acceptors (Lipinski definition) is 2. The van der Waals surface area contributed by atoms with Gasteiger partial charge in [0.15, 0.2) is 5.71 Å². The summed E-state index contributed by atoms with van der Waals surface area (Å²) in [5.41, 5.74) is 4.09. The van der Waals surface area contributed by atoms with E-state index in [9.17, 15) is 9.90 Å².